The van der Waals surface area contributed by atoms with Crippen molar-refractivity contribution >= 4 is 22.7 Å². The van der Waals surface area contributed by atoms with Crippen LogP contribution in [0.1, 0.15) is 0 Å². The van der Waals surface area contributed by atoms with Gasteiger partial charge in [-0.25, -0.2) is 9.37 Å². The molecule has 0 spiro atoms. The number of hydrogen-bond donors (Lipinski definition) is 0. The van der Waals surface area contributed by atoms with Crippen molar-refractivity contribution in [2.45, 2.75) is 0 Å². The van der Waals surface area contributed by atoms with Crippen molar-refractivity contribution in [2.75, 3.05) is 0 Å². The fourth-order valence-corrected chi connectivity index (χ4v) is 3.26. The summed E-state index contributed by atoms with van der Waals surface area (Å²) < 4.78 is 12.8. The lowest BCUT2D eigenvalue weighted by Gasteiger charge is -1.94. The van der Waals surface area contributed by atoms with Crippen molar-refractivity contribution in [1.82, 2.24) is 4.98 Å². The Labute approximate surface area is 106 Å². The van der Waals surface area contributed by atoms with Crippen molar-refractivity contribution < 1.29 is 4.39 Å². The second-order valence-electron chi connectivity index (χ2n) is 3.51. The molecular weight excluding hydrogens is 253 g/mol. The average Bonchev–Trinajstić information content (AvgIpc) is 3.00. The Morgan fingerprint density at radius 3 is 2.53 bits per heavy atom. The predicted octanol–water partition coefficient (Wildman–Crippen LogP) is 4.68. The van der Waals surface area contributed by atoms with Crippen molar-refractivity contribution in [3.8, 4) is 20.3 Å². The van der Waals surface area contributed by atoms with Crippen LogP contribution in [0.15, 0.2) is 48.0 Å². The summed E-state index contributed by atoms with van der Waals surface area (Å²) in [6, 6.07) is 10.6. The van der Waals surface area contributed by atoms with Gasteiger partial charge in [0.25, 0.3) is 0 Å². The van der Waals surface area contributed by atoms with E-state index >= 15 is 0 Å². The standard InChI is InChI=1S/C13H8FNS2/c14-10-5-3-9(4-6-10)12-8-15-13(17-12)11-2-1-7-16-11/h1-8H. The molecule has 4 heteroatoms. The Balaban J connectivity index is 1.98. The van der Waals surface area contributed by atoms with Gasteiger partial charge in [0.2, 0.25) is 0 Å². The smallest absolute Gasteiger partial charge is 0.133 e. The number of aromatic nitrogens is 1. The zero-order valence-electron chi connectivity index (χ0n) is 8.76. The maximum atomic E-state index is 12.8. The SMILES string of the molecule is Fc1ccc(-c2cnc(-c3cccs3)s2)cc1. The number of thiazole rings is 1. The second-order valence-corrected chi connectivity index (χ2v) is 5.49. The Bertz CT molecular complexity index is 611. The lowest BCUT2D eigenvalue weighted by molar-refractivity contribution is 0.628. The van der Waals surface area contributed by atoms with Gasteiger partial charge in [-0.2, -0.15) is 0 Å². The molecule has 0 saturated carbocycles. The normalized spacial score (nSPS) is 10.6. The minimum Gasteiger partial charge on any atom is -0.243 e. The Kier molecular flexibility index (Phi) is 2.74. The number of thiophene rings is 1. The molecule has 17 heavy (non-hydrogen) atoms. The van der Waals surface area contributed by atoms with Crippen LogP contribution < -0.4 is 0 Å². The highest BCUT2D eigenvalue weighted by Crippen LogP contribution is 2.33. The number of benzene rings is 1. The van der Waals surface area contributed by atoms with E-state index in [4.69, 9.17) is 0 Å². The van der Waals surface area contributed by atoms with Gasteiger partial charge in [0, 0.05) is 6.20 Å². The summed E-state index contributed by atoms with van der Waals surface area (Å²) in [5.41, 5.74) is 1.01. The topological polar surface area (TPSA) is 12.9 Å². The van der Waals surface area contributed by atoms with Crippen LogP contribution in [-0.4, -0.2) is 4.98 Å². The molecule has 0 unspecified atom stereocenters. The van der Waals surface area contributed by atoms with Crippen molar-refractivity contribution in [3.05, 3.63) is 53.8 Å². The Hall–Kier alpha value is -1.52. The minimum atomic E-state index is -0.211. The monoisotopic (exact) mass is 261 g/mol. The summed E-state index contributed by atoms with van der Waals surface area (Å²) in [7, 11) is 0. The summed E-state index contributed by atoms with van der Waals surface area (Å²) in [5.74, 6) is -0.211. The van der Waals surface area contributed by atoms with Gasteiger partial charge in [0.1, 0.15) is 10.8 Å². The minimum absolute atomic E-state index is 0.211. The quantitative estimate of drug-likeness (QED) is 0.653. The third-order valence-electron chi connectivity index (χ3n) is 2.37. The largest absolute Gasteiger partial charge is 0.243 e. The molecule has 0 aliphatic rings. The van der Waals surface area contributed by atoms with E-state index in [0.717, 1.165) is 15.4 Å². The van der Waals surface area contributed by atoms with Crippen LogP contribution in [0.25, 0.3) is 20.3 Å². The lowest BCUT2D eigenvalue weighted by atomic mass is 10.2. The molecule has 84 valence electrons. The van der Waals surface area contributed by atoms with Gasteiger partial charge < -0.3 is 0 Å². The fraction of sp³-hybridized carbons (Fsp3) is 0. The summed E-state index contributed by atoms with van der Waals surface area (Å²) in [4.78, 5) is 6.63. The summed E-state index contributed by atoms with van der Waals surface area (Å²) in [5, 5.41) is 3.05. The highest BCUT2D eigenvalue weighted by atomic mass is 32.1. The molecule has 0 amide bonds. The molecule has 1 aromatic carbocycles. The molecule has 1 nitrogen and oxygen atoms in total. The van der Waals surface area contributed by atoms with Crippen LogP contribution in [0.4, 0.5) is 4.39 Å². The van der Waals surface area contributed by atoms with E-state index in [1.54, 1.807) is 34.8 Å². The Morgan fingerprint density at radius 1 is 1.00 bits per heavy atom. The molecule has 0 saturated heterocycles. The fourth-order valence-electron chi connectivity index (χ4n) is 1.54. The van der Waals surface area contributed by atoms with Gasteiger partial charge in [0.05, 0.1) is 9.75 Å². The number of nitrogens with zero attached hydrogens (tertiary/aromatic N) is 1. The van der Waals surface area contributed by atoms with Crippen LogP contribution in [0.3, 0.4) is 0 Å². The molecule has 2 aromatic heterocycles. The van der Waals surface area contributed by atoms with E-state index < -0.39 is 0 Å². The van der Waals surface area contributed by atoms with Crippen LogP contribution in [0.5, 0.6) is 0 Å². The molecule has 3 aromatic rings. The molecule has 0 fully saturated rings. The van der Waals surface area contributed by atoms with E-state index in [2.05, 4.69) is 11.1 Å². The predicted molar refractivity (Wildman–Crippen MR) is 70.8 cm³/mol. The van der Waals surface area contributed by atoms with Gasteiger partial charge in [-0.3, -0.25) is 0 Å². The zero-order valence-corrected chi connectivity index (χ0v) is 10.4. The first-order valence-corrected chi connectivity index (χ1v) is 6.78. The maximum Gasteiger partial charge on any atom is 0.133 e. The Morgan fingerprint density at radius 2 is 1.82 bits per heavy atom. The molecule has 0 atom stereocenters. The maximum absolute atomic E-state index is 12.8. The van der Waals surface area contributed by atoms with E-state index in [1.807, 2.05) is 17.6 Å². The molecule has 0 aliphatic carbocycles. The lowest BCUT2D eigenvalue weighted by Crippen LogP contribution is -1.73. The average molecular weight is 261 g/mol. The summed E-state index contributed by atoms with van der Waals surface area (Å²) in [6.07, 6.45) is 1.84. The molecular formula is C13H8FNS2. The third-order valence-corrected chi connectivity index (χ3v) is 4.45. The number of hydrogen-bond acceptors (Lipinski definition) is 3. The molecule has 0 aliphatic heterocycles. The summed E-state index contributed by atoms with van der Waals surface area (Å²) in [6.45, 7) is 0. The first-order valence-electron chi connectivity index (χ1n) is 5.08. The van der Waals surface area contributed by atoms with Crippen LogP contribution in [0.2, 0.25) is 0 Å². The van der Waals surface area contributed by atoms with Gasteiger partial charge in [0.15, 0.2) is 0 Å². The van der Waals surface area contributed by atoms with Crippen molar-refractivity contribution in [3.63, 3.8) is 0 Å². The highest BCUT2D eigenvalue weighted by molar-refractivity contribution is 7.22. The highest BCUT2D eigenvalue weighted by Gasteiger charge is 2.07. The van der Waals surface area contributed by atoms with Crippen LogP contribution in [0, 0.1) is 5.82 Å². The van der Waals surface area contributed by atoms with Gasteiger partial charge >= 0.3 is 0 Å². The molecule has 3 rings (SSSR count). The molecule has 0 bridgehead atoms. The first-order chi connectivity index (χ1) is 8.33. The van der Waals surface area contributed by atoms with Gasteiger partial charge in [-0.1, -0.05) is 18.2 Å². The van der Waals surface area contributed by atoms with Crippen LogP contribution in [-0.2, 0) is 0 Å². The molecule has 0 radical (unpaired) electrons. The van der Waals surface area contributed by atoms with E-state index in [1.165, 1.54) is 17.0 Å². The number of halogens is 1. The van der Waals surface area contributed by atoms with E-state index in [9.17, 15) is 4.39 Å². The van der Waals surface area contributed by atoms with Crippen molar-refractivity contribution in [2.24, 2.45) is 0 Å². The van der Waals surface area contributed by atoms with Crippen LogP contribution >= 0.6 is 22.7 Å². The van der Waals surface area contributed by atoms with E-state index in [-0.39, 0.29) is 5.82 Å². The van der Waals surface area contributed by atoms with Crippen molar-refractivity contribution in [1.29, 1.82) is 0 Å². The van der Waals surface area contributed by atoms with E-state index in [0.29, 0.717) is 0 Å². The first kappa shape index (κ1) is 10.6. The zero-order chi connectivity index (χ0) is 11.7. The molecule has 2 heterocycles. The van der Waals surface area contributed by atoms with Gasteiger partial charge in [-0.05, 0) is 29.1 Å². The third kappa shape index (κ3) is 2.14. The molecule has 0 N–H and O–H groups in total. The van der Waals surface area contributed by atoms with Gasteiger partial charge in [-0.15, -0.1) is 22.7 Å². The summed E-state index contributed by atoms with van der Waals surface area (Å²) >= 11 is 3.30. The number of rotatable bonds is 2. The second kappa shape index (κ2) is 4.39.